The fourth-order valence-electron chi connectivity index (χ4n) is 4.40. The van der Waals surface area contributed by atoms with Gasteiger partial charge >= 0.3 is 6.09 Å². The van der Waals surface area contributed by atoms with Gasteiger partial charge in [0.15, 0.2) is 0 Å². The van der Waals surface area contributed by atoms with Crippen LogP contribution in [0.25, 0.3) is 11.1 Å². The number of hydrogen-bond acceptors (Lipinski definition) is 5. The van der Waals surface area contributed by atoms with Crippen LogP contribution in [0.2, 0.25) is 0 Å². The number of benzene rings is 2. The van der Waals surface area contributed by atoms with Crippen LogP contribution in [0.15, 0.2) is 42.5 Å². The van der Waals surface area contributed by atoms with Gasteiger partial charge in [-0.2, -0.15) is 0 Å². The number of rotatable bonds is 8. The lowest BCUT2D eigenvalue weighted by Gasteiger charge is -2.40. The molecular weight excluding hydrogens is 399 g/mol. The van der Waals surface area contributed by atoms with Gasteiger partial charge < -0.3 is 25.2 Å². The second kappa shape index (κ2) is 10.6. The summed E-state index contributed by atoms with van der Waals surface area (Å²) in [5.41, 5.74) is 0.344. The zero-order chi connectivity index (χ0) is 22.3. The van der Waals surface area contributed by atoms with E-state index in [9.17, 15) is 9.90 Å². The van der Waals surface area contributed by atoms with E-state index in [1.165, 1.54) is 13.2 Å². The van der Waals surface area contributed by atoms with Gasteiger partial charge in [-0.15, -0.1) is 0 Å². The highest BCUT2D eigenvalue weighted by Crippen LogP contribution is 2.43. The van der Waals surface area contributed by atoms with Crippen molar-refractivity contribution in [3.8, 4) is 16.9 Å². The van der Waals surface area contributed by atoms with Gasteiger partial charge in [0.25, 0.3) is 0 Å². The Hall–Kier alpha value is -2.64. The summed E-state index contributed by atoms with van der Waals surface area (Å²) in [6.45, 7) is 1.91. The molecule has 1 saturated heterocycles. The fraction of sp³-hybridized carbons (Fsp3) is 0.458. The van der Waals surface area contributed by atoms with Crippen LogP contribution in [0.1, 0.15) is 31.2 Å². The number of nitrogens with one attached hydrogen (secondary N) is 2. The SMILES string of the molecule is COC(=O)NCCCC(O)(c1cccc(F)c1-c1cccc(OC)c1)[C@@H]1CCCNC1. The highest BCUT2D eigenvalue weighted by molar-refractivity contribution is 5.71. The summed E-state index contributed by atoms with van der Waals surface area (Å²) in [5, 5.41) is 18.1. The molecule has 0 aromatic heterocycles. The normalized spacial score (nSPS) is 18.1. The van der Waals surface area contributed by atoms with E-state index in [0.717, 1.165) is 19.4 Å². The van der Waals surface area contributed by atoms with Crippen molar-refractivity contribution in [1.29, 1.82) is 0 Å². The molecule has 1 aliphatic rings. The first-order chi connectivity index (χ1) is 15.0. The van der Waals surface area contributed by atoms with E-state index in [1.54, 1.807) is 31.4 Å². The first-order valence-corrected chi connectivity index (χ1v) is 10.7. The maximum absolute atomic E-state index is 15.2. The molecule has 168 valence electrons. The number of methoxy groups -OCH3 is 2. The lowest BCUT2D eigenvalue weighted by molar-refractivity contribution is -0.0417. The number of carbonyl (C=O) groups excluding carboxylic acids is 1. The van der Waals surface area contributed by atoms with Gasteiger partial charge in [0.1, 0.15) is 11.6 Å². The van der Waals surface area contributed by atoms with Gasteiger partial charge in [-0.3, -0.25) is 0 Å². The van der Waals surface area contributed by atoms with E-state index >= 15 is 4.39 Å². The van der Waals surface area contributed by atoms with E-state index in [0.29, 0.717) is 48.4 Å². The maximum atomic E-state index is 15.2. The van der Waals surface area contributed by atoms with Crippen LogP contribution in [0.3, 0.4) is 0 Å². The summed E-state index contributed by atoms with van der Waals surface area (Å²) >= 11 is 0. The lowest BCUT2D eigenvalue weighted by Crippen LogP contribution is -2.45. The van der Waals surface area contributed by atoms with Crippen LogP contribution < -0.4 is 15.4 Å². The Morgan fingerprint density at radius 3 is 2.81 bits per heavy atom. The molecule has 3 rings (SSSR count). The molecule has 2 aromatic rings. The van der Waals surface area contributed by atoms with Crippen molar-refractivity contribution < 1.29 is 23.8 Å². The number of amides is 1. The predicted octanol–water partition coefficient (Wildman–Crippen LogP) is 3.82. The van der Waals surface area contributed by atoms with Crippen molar-refractivity contribution in [3.63, 3.8) is 0 Å². The van der Waals surface area contributed by atoms with Crippen LogP contribution >= 0.6 is 0 Å². The minimum Gasteiger partial charge on any atom is -0.497 e. The molecule has 2 aromatic carbocycles. The van der Waals surface area contributed by atoms with Crippen LogP contribution in [0.5, 0.6) is 5.75 Å². The van der Waals surface area contributed by atoms with Crippen molar-refractivity contribution in [2.75, 3.05) is 33.9 Å². The van der Waals surface area contributed by atoms with E-state index in [2.05, 4.69) is 15.4 Å². The smallest absolute Gasteiger partial charge is 0.406 e. The first-order valence-electron chi connectivity index (χ1n) is 10.7. The lowest BCUT2D eigenvalue weighted by atomic mass is 9.72. The van der Waals surface area contributed by atoms with Gasteiger partial charge in [0.05, 0.1) is 19.8 Å². The summed E-state index contributed by atoms with van der Waals surface area (Å²) in [6, 6.07) is 12.1. The van der Waals surface area contributed by atoms with E-state index in [1.807, 2.05) is 12.1 Å². The third-order valence-electron chi connectivity index (χ3n) is 6.00. The van der Waals surface area contributed by atoms with Gasteiger partial charge in [0, 0.05) is 24.6 Å². The Bertz CT molecular complexity index is 886. The Morgan fingerprint density at radius 2 is 2.10 bits per heavy atom. The first kappa shape index (κ1) is 23.0. The molecule has 0 radical (unpaired) electrons. The molecule has 0 aliphatic carbocycles. The minimum atomic E-state index is -1.26. The summed E-state index contributed by atoms with van der Waals surface area (Å²) in [4.78, 5) is 11.4. The molecule has 1 aliphatic heterocycles. The van der Waals surface area contributed by atoms with Gasteiger partial charge in [-0.25, -0.2) is 9.18 Å². The molecule has 0 bridgehead atoms. The zero-order valence-electron chi connectivity index (χ0n) is 18.1. The van der Waals surface area contributed by atoms with Crippen LogP contribution in [0, 0.1) is 11.7 Å². The number of piperidine rings is 1. The molecule has 1 amide bonds. The van der Waals surface area contributed by atoms with Crippen molar-refractivity contribution >= 4 is 6.09 Å². The number of aliphatic hydroxyl groups is 1. The number of hydrogen-bond donors (Lipinski definition) is 3. The van der Waals surface area contributed by atoms with Gasteiger partial charge in [-0.1, -0.05) is 24.3 Å². The van der Waals surface area contributed by atoms with E-state index < -0.39 is 11.7 Å². The van der Waals surface area contributed by atoms with Crippen molar-refractivity contribution in [2.45, 2.75) is 31.3 Å². The molecule has 6 nitrogen and oxygen atoms in total. The number of halogens is 1. The van der Waals surface area contributed by atoms with Crippen LogP contribution in [0.4, 0.5) is 9.18 Å². The zero-order valence-corrected chi connectivity index (χ0v) is 18.1. The average molecular weight is 431 g/mol. The highest BCUT2D eigenvalue weighted by Gasteiger charge is 2.40. The molecule has 2 atom stereocenters. The van der Waals surface area contributed by atoms with Crippen molar-refractivity contribution in [2.24, 2.45) is 5.92 Å². The molecule has 0 spiro atoms. The largest absolute Gasteiger partial charge is 0.497 e. The maximum Gasteiger partial charge on any atom is 0.406 e. The van der Waals surface area contributed by atoms with E-state index in [4.69, 9.17) is 4.74 Å². The Balaban J connectivity index is 2.00. The van der Waals surface area contributed by atoms with Gasteiger partial charge in [0.2, 0.25) is 0 Å². The van der Waals surface area contributed by atoms with Crippen molar-refractivity contribution in [1.82, 2.24) is 10.6 Å². The van der Waals surface area contributed by atoms with Crippen LogP contribution in [-0.2, 0) is 10.3 Å². The minimum absolute atomic E-state index is 0.0782. The Morgan fingerprint density at radius 1 is 1.29 bits per heavy atom. The number of ether oxygens (including phenoxy) is 2. The summed E-state index contributed by atoms with van der Waals surface area (Å²) in [5.74, 6) is 0.156. The number of carbonyl (C=O) groups is 1. The molecule has 1 fully saturated rings. The topological polar surface area (TPSA) is 79.8 Å². The second-order valence-electron chi connectivity index (χ2n) is 7.88. The molecule has 1 unspecified atom stereocenters. The molecule has 1 heterocycles. The van der Waals surface area contributed by atoms with Crippen molar-refractivity contribution in [3.05, 3.63) is 53.8 Å². The number of alkyl carbamates (subject to hydrolysis) is 1. The summed E-state index contributed by atoms with van der Waals surface area (Å²) in [6.07, 6.45) is 2.17. The molecule has 7 heteroatoms. The summed E-state index contributed by atoms with van der Waals surface area (Å²) in [7, 11) is 2.88. The predicted molar refractivity (Wildman–Crippen MR) is 118 cm³/mol. The average Bonchev–Trinajstić information content (AvgIpc) is 2.81. The quantitative estimate of drug-likeness (QED) is 0.555. The summed E-state index contributed by atoms with van der Waals surface area (Å²) < 4.78 is 25.1. The molecule has 0 saturated carbocycles. The monoisotopic (exact) mass is 430 g/mol. The third-order valence-corrected chi connectivity index (χ3v) is 6.00. The van der Waals surface area contributed by atoms with Gasteiger partial charge in [-0.05, 0) is 61.6 Å². The standard InChI is InChI=1S/C24H31FN2O4/c1-30-19-9-3-7-17(15-19)22-20(10-4-11-21(22)25)24(29,18-8-5-13-26-16-18)12-6-14-27-23(28)31-2/h3-4,7,9-11,15,18,26,29H,5-6,8,12-14,16H2,1-2H3,(H,27,28)/t18-,24?/m1/s1. The highest BCUT2D eigenvalue weighted by atomic mass is 19.1. The van der Waals surface area contributed by atoms with Crippen LogP contribution in [-0.4, -0.2) is 45.1 Å². The fourth-order valence-corrected chi connectivity index (χ4v) is 4.40. The molecule has 31 heavy (non-hydrogen) atoms. The van der Waals surface area contributed by atoms with E-state index in [-0.39, 0.29) is 11.7 Å². The Labute approximate surface area is 182 Å². The molecular formula is C24H31FN2O4. The second-order valence-corrected chi connectivity index (χ2v) is 7.88. The Kier molecular flexibility index (Phi) is 7.87. The molecule has 3 N–H and O–H groups in total. The third kappa shape index (κ3) is 5.35.